The Bertz CT molecular complexity index is 744. The van der Waals surface area contributed by atoms with E-state index in [0.29, 0.717) is 6.54 Å². The summed E-state index contributed by atoms with van der Waals surface area (Å²) in [4.78, 5) is 34.7. The van der Waals surface area contributed by atoms with Crippen molar-refractivity contribution in [3.8, 4) is 5.75 Å². The first-order valence-electron chi connectivity index (χ1n) is 8.91. The molecule has 0 radical (unpaired) electrons. The highest BCUT2D eigenvalue weighted by atomic mass is 16.6. The van der Waals surface area contributed by atoms with Gasteiger partial charge in [0.25, 0.3) is 11.6 Å². The summed E-state index contributed by atoms with van der Waals surface area (Å²) >= 11 is 0. The number of allylic oxidation sites excluding steroid dienone is 1. The van der Waals surface area contributed by atoms with Gasteiger partial charge in [0.15, 0.2) is 6.10 Å². The molecule has 1 amide bonds. The number of nitrogens with one attached hydrogen (secondary N) is 1. The number of nitrogens with zero attached hydrogens (tertiary/aromatic N) is 1. The molecule has 1 unspecified atom stereocenters. The molecule has 1 aromatic rings. The molecule has 0 spiro atoms. The minimum absolute atomic E-state index is 0.0984. The fourth-order valence-electron chi connectivity index (χ4n) is 2.87. The van der Waals surface area contributed by atoms with Crippen molar-refractivity contribution in [3.05, 3.63) is 45.5 Å². The molecule has 0 bridgehead atoms. The smallest absolute Gasteiger partial charge is 0.342 e. The SMILES string of the molecule is COc1ccc([N+](=O)[O-])cc1C(=O)OC(C)C(=O)NCCC1=CCCCC1. The maximum Gasteiger partial charge on any atom is 0.342 e. The number of nitro benzene ring substituents is 1. The van der Waals surface area contributed by atoms with Gasteiger partial charge < -0.3 is 14.8 Å². The van der Waals surface area contributed by atoms with Crippen LogP contribution in [-0.2, 0) is 9.53 Å². The van der Waals surface area contributed by atoms with Crippen LogP contribution in [0, 0.1) is 10.1 Å². The molecule has 0 heterocycles. The van der Waals surface area contributed by atoms with E-state index in [1.807, 2.05) is 0 Å². The van der Waals surface area contributed by atoms with Crippen LogP contribution in [-0.4, -0.2) is 36.6 Å². The molecule has 2 rings (SSSR count). The molecule has 1 N–H and O–H groups in total. The Kier molecular flexibility index (Phi) is 7.34. The third-order valence-electron chi connectivity index (χ3n) is 4.40. The monoisotopic (exact) mass is 376 g/mol. The Balaban J connectivity index is 1.92. The second kappa shape index (κ2) is 9.70. The lowest BCUT2D eigenvalue weighted by Crippen LogP contribution is -2.36. The van der Waals surface area contributed by atoms with Crippen LogP contribution in [0.25, 0.3) is 0 Å². The molecular weight excluding hydrogens is 352 g/mol. The topological polar surface area (TPSA) is 108 Å². The van der Waals surface area contributed by atoms with Gasteiger partial charge >= 0.3 is 5.97 Å². The van der Waals surface area contributed by atoms with Crippen molar-refractivity contribution in [2.45, 2.75) is 45.1 Å². The number of nitro groups is 1. The van der Waals surface area contributed by atoms with Crippen molar-refractivity contribution >= 4 is 17.6 Å². The van der Waals surface area contributed by atoms with Gasteiger partial charge in [0.05, 0.1) is 12.0 Å². The van der Waals surface area contributed by atoms with Crippen molar-refractivity contribution in [2.24, 2.45) is 0 Å². The maximum absolute atomic E-state index is 12.3. The summed E-state index contributed by atoms with van der Waals surface area (Å²) in [6.07, 6.45) is 6.51. The van der Waals surface area contributed by atoms with Gasteiger partial charge in [-0.1, -0.05) is 11.6 Å². The Labute approximate surface area is 157 Å². The number of ether oxygens (including phenoxy) is 2. The minimum Gasteiger partial charge on any atom is -0.496 e. The third-order valence-corrected chi connectivity index (χ3v) is 4.40. The van der Waals surface area contributed by atoms with Crippen LogP contribution >= 0.6 is 0 Å². The molecule has 1 aliphatic rings. The number of hydrogen-bond donors (Lipinski definition) is 1. The van der Waals surface area contributed by atoms with Gasteiger partial charge in [-0.15, -0.1) is 0 Å². The molecule has 0 aromatic heterocycles. The van der Waals surface area contributed by atoms with Crippen molar-refractivity contribution < 1.29 is 24.0 Å². The van der Waals surface area contributed by atoms with Crippen molar-refractivity contribution in [3.63, 3.8) is 0 Å². The van der Waals surface area contributed by atoms with E-state index in [4.69, 9.17) is 9.47 Å². The first-order valence-corrected chi connectivity index (χ1v) is 8.91. The minimum atomic E-state index is -1.03. The number of non-ortho nitro benzene ring substituents is 1. The summed E-state index contributed by atoms with van der Waals surface area (Å²) in [5.41, 5.74) is 0.979. The zero-order chi connectivity index (χ0) is 19.8. The Morgan fingerprint density at radius 3 is 2.74 bits per heavy atom. The van der Waals surface area contributed by atoms with E-state index in [0.717, 1.165) is 25.3 Å². The molecule has 0 saturated heterocycles. The average molecular weight is 376 g/mol. The summed E-state index contributed by atoms with van der Waals surface area (Å²) in [7, 11) is 1.34. The quantitative estimate of drug-likeness (QED) is 0.323. The molecule has 0 saturated carbocycles. The van der Waals surface area contributed by atoms with E-state index >= 15 is 0 Å². The molecule has 0 fully saturated rings. The predicted molar refractivity (Wildman–Crippen MR) is 98.7 cm³/mol. The van der Waals surface area contributed by atoms with Crippen molar-refractivity contribution in [2.75, 3.05) is 13.7 Å². The van der Waals surface area contributed by atoms with Crippen molar-refractivity contribution in [1.29, 1.82) is 0 Å². The summed E-state index contributed by atoms with van der Waals surface area (Å²) < 4.78 is 10.2. The highest BCUT2D eigenvalue weighted by Gasteiger charge is 2.23. The predicted octanol–water partition coefficient (Wildman–Crippen LogP) is 3.16. The molecule has 27 heavy (non-hydrogen) atoms. The van der Waals surface area contributed by atoms with Crippen LogP contribution in [0.3, 0.4) is 0 Å². The van der Waals surface area contributed by atoms with Gasteiger partial charge in [-0.2, -0.15) is 0 Å². The summed E-state index contributed by atoms with van der Waals surface area (Å²) in [6.45, 7) is 1.93. The summed E-state index contributed by atoms with van der Waals surface area (Å²) in [5, 5.41) is 13.6. The normalized spacial score (nSPS) is 14.7. The molecule has 1 atom stereocenters. The number of carbonyl (C=O) groups excluding carboxylic acids is 2. The third kappa shape index (κ3) is 5.80. The van der Waals surface area contributed by atoms with E-state index in [2.05, 4.69) is 11.4 Å². The van der Waals surface area contributed by atoms with Crippen LogP contribution in [0.15, 0.2) is 29.8 Å². The van der Waals surface area contributed by atoms with Gasteiger partial charge in [-0.05, 0) is 45.1 Å². The van der Waals surface area contributed by atoms with Crippen LogP contribution < -0.4 is 10.1 Å². The Morgan fingerprint density at radius 2 is 2.11 bits per heavy atom. The summed E-state index contributed by atoms with van der Waals surface area (Å²) in [5.74, 6) is -1.13. The van der Waals surface area contributed by atoms with Gasteiger partial charge in [-0.3, -0.25) is 14.9 Å². The van der Waals surface area contributed by atoms with E-state index in [1.54, 1.807) is 0 Å². The van der Waals surface area contributed by atoms with E-state index < -0.39 is 22.9 Å². The second-order valence-corrected chi connectivity index (χ2v) is 6.34. The first kappa shape index (κ1) is 20.4. The standard InChI is InChI=1S/C19H24N2O6/c1-13(18(22)20-11-10-14-6-4-3-5-7-14)27-19(23)16-12-15(21(24)25)8-9-17(16)26-2/h6,8-9,12-13H,3-5,7,10-11H2,1-2H3,(H,20,22). The molecule has 8 heteroatoms. The van der Waals surface area contributed by atoms with E-state index in [9.17, 15) is 19.7 Å². The number of hydrogen-bond acceptors (Lipinski definition) is 6. The fraction of sp³-hybridized carbons (Fsp3) is 0.474. The van der Waals surface area contributed by atoms with Crippen LogP contribution in [0.5, 0.6) is 5.75 Å². The lowest BCUT2D eigenvalue weighted by atomic mass is 9.97. The van der Waals surface area contributed by atoms with Crippen LogP contribution in [0.4, 0.5) is 5.69 Å². The molecule has 1 aliphatic carbocycles. The lowest BCUT2D eigenvalue weighted by Gasteiger charge is -2.16. The second-order valence-electron chi connectivity index (χ2n) is 6.34. The highest BCUT2D eigenvalue weighted by molar-refractivity contribution is 5.95. The van der Waals surface area contributed by atoms with E-state index in [-0.39, 0.29) is 17.0 Å². The number of rotatable bonds is 8. The molecule has 1 aromatic carbocycles. The Hall–Kier alpha value is -2.90. The maximum atomic E-state index is 12.3. The van der Waals surface area contributed by atoms with Gasteiger partial charge in [0, 0.05) is 18.7 Å². The van der Waals surface area contributed by atoms with Gasteiger partial charge in [0.1, 0.15) is 11.3 Å². The van der Waals surface area contributed by atoms with E-state index in [1.165, 1.54) is 44.6 Å². The summed E-state index contributed by atoms with van der Waals surface area (Å²) in [6, 6.07) is 3.62. The van der Waals surface area contributed by atoms with Crippen LogP contribution in [0.1, 0.15) is 49.4 Å². The first-order chi connectivity index (χ1) is 12.9. The average Bonchev–Trinajstić information content (AvgIpc) is 2.67. The fourth-order valence-corrected chi connectivity index (χ4v) is 2.87. The highest BCUT2D eigenvalue weighted by Crippen LogP contribution is 2.25. The number of carbonyl (C=O) groups is 2. The Morgan fingerprint density at radius 1 is 1.33 bits per heavy atom. The van der Waals surface area contributed by atoms with Crippen molar-refractivity contribution in [1.82, 2.24) is 5.32 Å². The largest absolute Gasteiger partial charge is 0.496 e. The zero-order valence-corrected chi connectivity index (χ0v) is 15.5. The molecular formula is C19H24N2O6. The number of benzene rings is 1. The van der Waals surface area contributed by atoms with Gasteiger partial charge in [0.2, 0.25) is 0 Å². The number of esters is 1. The molecule has 8 nitrogen and oxygen atoms in total. The molecule has 0 aliphatic heterocycles. The number of amides is 1. The van der Waals surface area contributed by atoms with Gasteiger partial charge in [-0.25, -0.2) is 4.79 Å². The lowest BCUT2D eigenvalue weighted by molar-refractivity contribution is -0.384. The van der Waals surface area contributed by atoms with Crippen LogP contribution in [0.2, 0.25) is 0 Å². The number of methoxy groups -OCH3 is 1. The molecule has 146 valence electrons. The zero-order valence-electron chi connectivity index (χ0n) is 15.5.